The van der Waals surface area contributed by atoms with E-state index in [-0.39, 0.29) is 0 Å². The van der Waals surface area contributed by atoms with Crippen LogP contribution in [0, 0.1) is 3.57 Å². The number of aromatic nitrogens is 2. The molecule has 0 unspecified atom stereocenters. The number of methoxy groups -OCH3 is 1. The number of anilines is 1. The molecule has 6 heteroatoms. The maximum absolute atomic E-state index is 6.02. The van der Waals surface area contributed by atoms with E-state index in [0.29, 0.717) is 13.0 Å². The topological polar surface area (TPSA) is 47.0 Å². The van der Waals surface area contributed by atoms with Gasteiger partial charge in [-0.2, -0.15) is 0 Å². The summed E-state index contributed by atoms with van der Waals surface area (Å²) in [7, 11) is 1.67. The van der Waals surface area contributed by atoms with Crippen molar-refractivity contribution in [2.75, 3.05) is 19.0 Å². The zero-order valence-corrected chi connectivity index (χ0v) is 14.9. The van der Waals surface area contributed by atoms with E-state index >= 15 is 0 Å². The van der Waals surface area contributed by atoms with Crippen LogP contribution >= 0.6 is 34.2 Å². The molecule has 4 nitrogen and oxygen atoms in total. The number of nitrogens with zero attached hydrogens (tertiary/aromatic N) is 2. The maximum Gasteiger partial charge on any atom is 0.143 e. The van der Waals surface area contributed by atoms with E-state index in [4.69, 9.17) is 16.3 Å². The largest absolute Gasteiger partial charge is 0.378 e. The number of nitrogens with one attached hydrogen (secondary N) is 1. The van der Waals surface area contributed by atoms with Gasteiger partial charge in [-0.1, -0.05) is 23.7 Å². The molecule has 112 valence electrons. The van der Waals surface area contributed by atoms with Crippen molar-refractivity contribution < 1.29 is 4.74 Å². The van der Waals surface area contributed by atoms with Crippen LogP contribution in [-0.2, 0) is 17.8 Å². The average Bonchev–Trinajstić information content (AvgIpc) is 2.44. The highest BCUT2D eigenvalue weighted by molar-refractivity contribution is 14.1. The Kier molecular flexibility index (Phi) is 6.20. The SMILES string of the molecule is CCNc1nc(Cc2cccc(Cl)c2)nc(COC)c1I. The third kappa shape index (κ3) is 4.52. The molecule has 0 amide bonds. The molecule has 0 atom stereocenters. The highest BCUT2D eigenvalue weighted by Gasteiger charge is 2.12. The van der Waals surface area contributed by atoms with Crippen LogP contribution in [0.25, 0.3) is 0 Å². The Morgan fingerprint density at radius 3 is 2.81 bits per heavy atom. The first-order valence-corrected chi connectivity index (χ1v) is 8.12. The fourth-order valence-corrected chi connectivity index (χ4v) is 2.77. The van der Waals surface area contributed by atoms with Gasteiger partial charge < -0.3 is 10.1 Å². The summed E-state index contributed by atoms with van der Waals surface area (Å²) in [4.78, 5) is 9.20. The second kappa shape index (κ2) is 7.91. The Hall–Kier alpha value is -0.920. The Balaban J connectivity index is 2.33. The number of halogens is 2. The monoisotopic (exact) mass is 417 g/mol. The lowest BCUT2D eigenvalue weighted by atomic mass is 10.1. The van der Waals surface area contributed by atoms with E-state index in [9.17, 15) is 0 Å². The van der Waals surface area contributed by atoms with Crippen LogP contribution < -0.4 is 5.32 Å². The van der Waals surface area contributed by atoms with Crippen molar-refractivity contribution in [3.05, 3.63) is 49.9 Å². The molecule has 0 aliphatic carbocycles. The highest BCUT2D eigenvalue weighted by Crippen LogP contribution is 2.21. The van der Waals surface area contributed by atoms with E-state index in [2.05, 4.69) is 37.9 Å². The summed E-state index contributed by atoms with van der Waals surface area (Å²) in [5.74, 6) is 1.62. The van der Waals surface area contributed by atoms with E-state index in [1.165, 1.54) is 0 Å². The van der Waals surface area contributed by atoms with Gasteiger partial charge in [0.2, 0.25) is 0 Å². The second-order valence-corrected chi connectivity index (χ2v) is 6.03. The van der Waals surface area contributed by atoms with Gasteiger partial charge in [-0.05, 0) is 47.2 Å². The standard InChI is InChI=1S/C15H17ClIN3O/c1-3-18-15-14(17)12(9-21-2)19-13(20-15)8-10-5-4-6-11(16)7-10/h4-7H,3,8-9H2,1-2H3,(H,18,19,20). The first-order chi connectivity index (χ1) is 10.1. The Morgan fingerprint density at radius 1 is 1.33 bits per heavy atom. The Morgan fingerprint density at radius 2 is 2.14 bits per heavy atom. The lowest BCUT2D eigenvalue weighted by Gasteiger charge is -2.12. The number of rotatable bonds is 6. The molecule has 1 aromatic carbocycles. The lowest BCUT2D eigenvalue weighted by molar-refractivity contribution is 0.180. The van der Waals surface area contributed by atoms with E-state index in [1.54, 1.807) is 7.11 Å². The van der Waals surface area contributed by atoms with Crippen LogP contribution in [0.1, 0.15) is 24.0 Å². The fourth-order valence-electron chi connectivity index (χ4n) is 1.97. The number of hydrogen-bond donors (Lipinski definition) is 1. The van der Waals surface area contributed by atoms with Gasteiger partial charge in [0.25, 0.3) is 0 Å². The molecule has 1 heterocycles. The summed E-state index contributed by atoms with van der Waals surface area (Å²) in [6.07, 6.45) is 0.645. The van der Waals surface area contributed by atoms with Crippen molar-refractivity contribution in [3.8, 4) is 0 Å². The third-order valence-corrected chi connectivity index (χ3v) is 4.21. The van der Waals surface area contributed by atoms with Crippen molar-refractivity contribution in [1.82, 2.24) is 9.97 Å². The van der Waals surface area contributed by atoms with E-state index in [0.717, 1.165) is 38.0 Å². The van der Waals surface area contributed by atoms with Gasteiger partial charge in [0.15, 0.2) is 0 Å². The van der Waals surface area contributed by atoms with E-state index < -0.39 is 0 Å². The molecule has 0 bridgehead atoms. The summed E-state index contributed by atoms with van der Waals surface area (Å²) in [5, 5.41) is 4.00. The zero-order chi connectivity index (χ0) is 15.2. The van der Waals surface area contributed by atoms with Crippen LogP contribution in [0.4, 0.5) is 5.82 Å². The van der Waals surface area contributed by atoms with Crippen molar-refractivity contribution >= 4 is 40.0 Å². The summed E-state index contributed by atoms with van der Waals surface area (Å²) >= 11 is 8.28. The molecule has 1 aromatic heterocycles. The zero-order valence-electron chi connectivity index (χ0n) is 12.0. The molecular weight excluding hydrogens is 401 g/mol. The molecular formula is C15H17ClIN3O. The molecule has 0 spiro atoms. The van der Waals surface area contributed by atoms with Gasteiger partial charge in [0, 0.05) is 25.1 Å². The van der Waals surface area contributed by atoms with Gasteiger partial charge in [-0.3, -0.25) is 0 Å². The highest BCUT2D eigenvalue weighted by atomic mass is 127. The average molecular weight is 418 g/mol. The molecule has 1 N–H and O–H groups in total. The molecule has 0 fully saturated rings. The van der Waals surface area contributed by atoms with Crippen LogP contribution in [0.3, 0.4) is 0 Å². The summed E-state index contributed by atoms with van der Waals surface area (Å²) < 4.78 is 6.23. The minimum absolute atomic E-state index is 0.474. The van der Waals surface area contributed by atoms with E-state index in [1.807, 2.05) is 31.2 Å². The normalized spacial score (nSPS) is 10.7. The smallest absolute Gasteiger partial charge is 0.143 e. The number of benzene rings is 1. The maximum atomic E-state index is 6.02. The van der Waals surface area contributed by atoms with Gasteiger partial charge in [0.1, 0.15) is 11.6 Å². The Bertz CT molecular complexity index is 595. The van der Waals surface area contributed by atoms with Crippen LogP contribution in [0.5, 0.6) is 0 Å². The van der Waals surface area contributed by atoms with Crippen molar-refractivity contribution in [2.45, 2.75) is 20.0 Å². The number of hydrogen-bond acceptors (Lipinski definition) is 4. The summed E-state index contributed by atoms with van der Waals surface area (Å²) in [6, 6.07) is 7.76. The Labute approximate surface area is 143 Å². The molecule has 21 heavy (non-hydrogen) atoms. The van der Waals surface area contributed by atoms with Crippen molar-refractivity contribution in [1.29, 1.82) is 0 Å². The summed E-state index contributed by atoms with van der Waals surface area (Å²) in [5.41, 5.74) is 2.00. The van der Waals surface area contributed by atoms with Crippen LogP contribution in [0.15, 0.2) is 24.3 Å². The quantitative estimate of drug-likeness (QED) is 0.724. The van der Waals surface area contributed by atoms with Crippen LogP contribution in [0.2, 0.25) is 5.02 Å². The predicted octanol–water partition coefficient (Wildman–Crippen LogP) is 3.90. The first-order valence-electron chi connectivity index (χ1n) is 6.66. The fraction of sp³-hybridized carbons (Fsp3) is 0.333. The summed E-state index contributed by atoms with van der Waals surface area (Å²) in [6.45, 7) is 3.34. The van der Waals surface area contributed by atoms with Crippen LogP contribution in [-0.4, -0.2) is 23.6 Å². The predicted molar refractivity (Wildman–Crippen MR) is 93.9 cm³/mol. The molecule has 2 aromatic rings. The van der Waals surface area contributed by atoms with Crippen molar-refractivity contribution in [2.24, 2.45) is 0 Å². The van der Waals surface area contributed by atoms with Gasteiger partial charge in [-0.25, -0.2) is 9.97 Å². The molecule has 0 aliphatic heterocycles. The molecule has 0 aliphatic rings. The minimum Gasteiger partial charge on any atom is -0.378 e. The second-order valence-electron chi connectivity index (χ2n) is 4.52. The third-order valence-electron chi connectivity index (χ3n) is 2.84. The van der Waals surface area contributed by atoms with Gasteiger partial charge >= 0.3 is 0 Å². The molecule has 0 saturated heterocycles. The molecule has 0 saturated carbocycles. The number of ether oxygens (including phenoxy) is 1. The lowest BCUT2D eigenvalue weighted by Crippen LogP contribution is -2.10. The van der Waals surface area contributed by atoms with Gasteiger partial charge in [-0.15, -0.1) is 0 Å². The first kappa shape index (κ1) is 16.5. The molecule has 0 radical (unpaired) electrons. The van der Waals surface area contributed by atoms with Crippen molar-refractivity contribution in [3.63, 3.8) is 0 Å². The van der Waals surface area contributed by atoms with Gasteiger partial charge in [0.05, 0.1) is 15.9 Å². The molecule has 2 rings (SSSR count). The minimum atomic E-state index is 0.474.